The van der Waals surface area contributed by atoms with Crippen molar-refractivity contribution in [3.63, 3.8) is 0 Å². The molecule has 0 aliphatic carbocycles. The first kappa shape index (κ1) is 23.0. The molecule has 0 aliphatic rings. The summed E-state index contributed by atoms with van der Waals surface area (Å²) in [4.78, 5) is 36.1. The summed E-state index contributed by atoms with van der Waals surface area (Å²) in [5, 5.41) is 5.23. The number of nitrogens with one attached hydrogen (secondary N) is 2. The fourth-order valence-corrected chi connectivity index (χ4v) is 2.28. The predicted molar refractivity (Wildman–Crippen MR) is 102 cm³/mol. The van der Waals surface area contributed by atoms with Gasteiger partial charge >= 0.3 is 6.18 Å². The standard InChI is InChI=1S/C19H22F3N5O3/c1-10(2)15(28)27-18-23-6-5-14(26-18)16(29)25-12(4)13-7-11(3)17(24-8-13)30-9-19(20,21)22/h5-8,10,12H,9H2,1-4H3,(H,25,29)(H,23,26,27,28). The zero-order chi connectivity index (χ0) is 22.5. The minimum absolute atomic E-state index is 0.0117. The molecule has 11 heteroatoms. The Morgan fingerprint density at radius 1 is 1.20 bits per heavy atom. The number of rotatable bonds is 7. The Balaban J connectivity index is 2.05. The molecule has 0 saturated carbocycles. The van der Waals surface area contributed by atoms with Crippen LogP contribution in [0.25, 0.3) is 0 Å². The summed E-state index contributed by atoms with van der Waals surface area (Å²) < 4.78 is 41.5. The van der Waals surface area contributed by atoms with E-state index in [9.17, 15) is 22.8 Å². The molecule has 1 atom stereocenters. The van der Waals surface area contributed by atoms with Gasteiger partial charge in [0, 0.05) is 23.9 Å². The molecule has 162 valence electrons. The highest BCUT2D eigenvalue weighted by Crippen LogP contribution is 2.22. The third kappa shape index (κ3) is 6.68. The average Bonchev–Trinajstić information content (AvgIpc) is 2.66. The predicted octanol–water partition coefficient (Wildman–Crippen LogP) is 3.21. The van der Waals surface area contributed by atoms with Gasteiger partial charge in [-0.1, -0.05) is 13.8 Å². The molecule has 2 aromatic rings. The molecule has 2 amide bonds. The average molecular weight is 425 g/mol. The summed E-state index contributed by atoms with van der Waals surface area (Å²) in [7, 11) is 0. The highest BCUT2D eigenvalue weighted by molar-refractivity contribution is 5.94. The van der Waals surface area contributed by atoms with E-state index in [0.29, 0.717) is 11.1 Å². The lowest BCUT2D eigenvalue weighted by Gasteiger charge is -2.16. The number of carbonyl (C=O) groups is 2. The highest BCUT2D eigenvalue weighted by atomic mass is 19.4. The van der Waals surface area contributed by atoms with Crippen LogP contribution in [0.1, 0.15) is 48.4 Å². The molecule has 1 unspecified atom stereocenters. The number of aryl methyl sites for hydroxylation is 1. The van der Waals surface area contributed by atoms with Crippen LogP contribution in [0.3, 0.4) is 0 Å². The molecule has 0 radical (unpaired) electrons. The largest absolute Gasteiger partial charge is 0.468 e. The second-order valence-electron chi connectivity index (χ2n) is 6.90. The molecule has 2 aromatic heterocycles. The third-order valence-electron chi connectivity index (χ3n) is 3.92. The molecule has 0 spiro atoms. The maximum Gasteiger partial charge on any atom is 0.422 e. The molecule has 0 fully saturated rings. The number of hydrogen-bond donors (Lipinski definition) is 2. The summed E-state index contributed by atoms with van der Waals surface area (Å²) in [6.07, 6.45) is -1.78. The Morgan fingerprint density at radius 3 is 2.50 bits per heavy atom. The van der Waals surface area contributed by atoms with Gasteiger partial charge < -0.3 is 10.1 Å². The van der Waals surface area contributed by atoms with Crippen molar-refractivity contribution in [2.24, 2.45) is 5.92 Å². The van der Waals surface area contributed by atoms with E-state index < -0.39 is 24.7 Å². The summed E-state index contributed by atoms with van der Waals surface area (Å²) >= 11 is 0. The second-order valence-corrected chi connectivity index (χ2v) is 6.90. The van der Waals surface area contributed by atoms with Crippen LogP contribution in [0.15, 0.2) is 24.5 Å². The molecule has 2 rings (SSSR count). The molecule has 0 aliphatic heterocycles. The van der Waals surface area contributed by atoms with Gasteiger partial charge in [0.1, 0.15) is 5.69 Å². The van der Waals surface area contributed by atoms with Crippen LogP contribution in [-0.4, -0.2) is 39.5 Å². The number of nitrogens with zero attached hydrogens (tertiary/aromatic N) is 3. The van der Waals surface area contributed by atoms with E-state index in [1.165, 1.54) is 18.5 Å². The molecule has 0 aromatic carbocycles. The van der Waals surface area contributed by atoms with Crippen molar-refractivity contribution >= 4 is 17.8 Å². The van der Waals surface area contributed by atoms with Crippen LogP contribution in [0.2, 0.25) is 0 Å². The molecule has 2 heterocycles. The first-order valence-electron chi connectivity index (χ1n) is 9.07. The maximum atomic E-state index is 12.5. The number of aromatic nitrogens is 3. The number of hydrogen-bond acceptors (Lipinski definition) is 6. The topological polar surface area (TPSA) is 106 Å². The Hall–Kier alpha value is -3.24. The van der Waals surface area contributed by atoms with Crippen LogP contribution >= 0.6 is 0 Å². The van der Waals surface area contributed by atoms with Crippen LogP contribution in [0.4, 0.5) is 19.1 Å². The van der Waals surface area contributed by atoms with E-state index in [-0.39, 0.29) is 29.3 Å². The third-order valence-corrected chi connectivity index (χ3v) is 3.92. The minimum Gasteiger partial charge on any atom is -0.468 e. The van der Waals surface area contributed by atoms with Crippen molar-refractivity contribution in [3.8, 4) is 5.88 Å². The molecular weight excluding hydrogens is 403 g/mol. The fourth-order valence-electron chi connectivity index (χ4n) is 2.28. The second kappa shape index (κ2) is 9.51. The molecule has 0 bridgehead atoms. The van der Waals surface area contributed by atoms with Crippen molar-refractivity contribution in [3.05, 3.63) is 41.3 Å². The van der Waals surface area contributed by atoms with Gasteiger partial charge in [-0.3, -0.25) is 14.9 Å². The number of carbonyl (C=O) groups excluding carboxylic acids is 2. The number of halogens is 3. The van der Waals surface area contributed by atoms with Gasteiger partial charge in [-0.25, -0.2) is 15.0 Å². The van der Waals surface area contributed by atoms with Gasteiger partial charge in [0.15, 0.2) is 6.61 Å². The van der Waals surface area contributed by atoms with E-state index in [0.717, 1.165) is 0 Å². The zero-order valence-electron chi connectivity index (χ0n) is 16.9. The number of alkyl halides is 3. The highest BCUT2D eigenvalue weighted by Gasteiger charge is 2.29. The van der Waals surface area contributed by atoms with Gasteiger partial charge in [0.25, 0.3) is 5.91 Å². The van der Waals surface area contributed by atoms with E-state index in [2.05, 4.69) is 30.3 Å². The zero-order valence-corrected chi connectivity index (χ0v) is 16.9. The van der Waals surface area contributed by atoms with Crippen molar-refractivity contribution in [1.82, 2.24) is 20.3 Å². The number of pyridine rings is 1. The molecule has 30 heavy (non-hydrogen) atoms. The lowest BCUT2D eigenvalue weighted by Crippen LogP contribution is -2.28. The molecule has 8 nitrogen and oxygen atoms in total. The molecule has 2 N–H and O–H groups in total. The maximum absolute atomic E-state index is 12.5. The summed E-state index contributed by atoms with van der Waals surface area (Å²) in [6.45, 7) is 5.24. The summed E-state index contributed by atoms with van der Waals surface area (Å²) in [5.74, 6) is -1.19. The Kier molecular flexibility index (Phi) is 7.30. The summed E-state index contributed by atoms with van der Waals surface area (Å²) in [6, 6.07) is 2.46. The normalized spacial score (nSPS) is 12.4. The smallest absolute Gasteiger partial charge is 0.422 e. The van der Waals surface area contributed by atoms with E-state index >= 15 is 0 Å². The Bertz CT molecular complexity index is 919. The number of amides is 2. The summed E-state index contributed by atoms with van der Waals surface area (Å²) in [5.41, 5.74) is 1.02. The number of ether oxygens (including phenoxy) is 1. The van der Waals surface area contributed by atoms with E-state index in [1.54, 1.807) is 33.8 Å². The van der Waals surface area contributed by atoms with Gasteiger partial charge in [0.2, 0.25) is 17.7 Å². The van der Waals surface area contributed by atoms with Crippen molar-refractivity contribution < 1.29 is 27.5 Å². The number of anilines is 1. The first-order chi connectivity index (χ1) is 14.0. The van der Waals surface area contributed by atoms with Crippen molar-refractivity contribution in [2.75, 3.05) is 11.9 Å². The van der Waals surface area contributed by atoms with Gasteiger partial charge in [-0.2, -0.15) is 13.2 Å². The Morgan fingerprint density at radius 2 is 1.90 bits per heavy atom. The van der Waals surface area contributed by atoms with Crippen molar-refractivity contribution in [1.29, 1.82) is 0 Å². The van der Waals surface area contributed by atoms with Gasteiger partial charge in [-0.15, -0.1) is 0 Å². The van der Waals surface area contributed by atoms with Crippen LogP contribution in [-0.2, 0) is 4.79 Å². The minimum atomic E-state index is -4.46. The van der Waals surface area contributed by atoms with Gasteiger partial charge in [-0.05, 0) is 31.5 Å². The fraction of sp³-hybridized carbons (Fsp3) is 0.421. The lowest BCUT2D eigenvalue weighted by atomic mass is 10.1. The molecular formula is C19H22F3N5O3. The van der Waals surface area contributed by atoms with Crippen LogP contribution < -0.4 is 15.4 Å². The van der Waals surface area contributed by atoms with Gasteiger partial charge in [0.05, 0.1) is 6.04 Å². The Labute approximate surface area is 171 Å². The monoisotopic (exact) mass is 425 g/mol. The van der Waals surface area contributed by atoms with E-state index in [4.69, 9.17) is 0 Å². The van der Waals surface area contributed by atoms with Crippen LogP contribution in [0, 0.1) is 12.8 Å². The molecule has 0 saturated heterocycles. The lowest BCUT2D eigenvalue weighted by molar-refractivity contribution is -0.154. The van der Waals surface area contributed by atoms with E-state index in [1.807, 2.05) is 0 Å². The van der Waals surface area contributed by atoms with Crippen molar-refractivity contribution in [2.45, 2.75) is 39.9 Å². The SMILES string of the molecule is Cc1cc(C(C)NC(=O)c2ccnc(NC(=O)C(C)C)n2)cnc1OCC(F)(F)F. The quantitative estimate of drug-likeness (QED) is 0.706. The first-order valence-corrected chi connectivity index (χ1v) is 9.07. The van der Waals surface area contributed by atoms with Crippen LogP contribution in [0.5, 0.6) is 5.88 Å².